The summed E-state index contributed by atoms with van der Waals surface area (Å²) < 4.78 is 0. The van der Waals surface area contributed by atoms with Gasteiger partial charge in [-0.05, 0) is 25.3 Å². The number of guanidine groups is 1. The number of rotatable bonds is 7. The lowest BCUT2D eigenvalue weighted by Gasteiger charge is -2.21. The van der Waals surface area contributed by atoms with E-state index < -0.39 is 0 Å². The molecule has 0 spiro atoms. The van der Waals surface area contributed by atoms with E-state index in [-0.39, 0.29) is 0 Å². The number of nitrogens with one attached hydrogen (secondary N) is 2. The number of aromatic nitrogens is 1. The van der Waals surface area contributed by atoms with Gasteiger partial charge in [0.1, 0.15) is 0 Å². The highest BCUT2D eigenvalue weighted by atomic mass is 32.1. The van der Waals surface area contributed by atoms with Gasteiger partial charge in [0.2, 0.25) is 0 Å². The third-order valence-electron chi connectivity index (χ3n) is 5.08. The molecule has 1 aliphatic heterocycles. The highest BCUT2D eigenvalue weighted by Crippen LogP contribution is 2.20. The summed E-state index contributed by atoms with van der Waals surface area (Å²) in [5.41, 5.74) is 1.38. The molecule has 3 rings (SSSR count). The molecule has 2 aromatic rings. The first-order chi connectivity index (χ1) is 13.2. The van der Waals surface area contributed by atoms with Crippen LogP contribution in [0.2, 0.25) is 0 Å². The monoisotopic (exact) mass is 385 g/mol. The van der Waals surface area contributed by atoms with Crippen LogP contribution in [0.1, 0.15) is 35.7 Å². The molecule has 146 valence electrons. The summed E-state index contributed by atoms with van der Waals surface area (Å²) in [5.74, 6) is 0.890. The summed E-state index contributed by atoms with van der Waals surface area (Å²) in [6.45, 7) is 7.39. The quantitative estimate of drug-likeness (QED) is 0.568. The first-order valence-electron chi connectivity index (χ1n) is 9.86. The molecule has 27 heavy (non-hydrogen) atoms. The zero-order valence-electron chi connectivity index (χ0n) is 16.6. The number of aliphatic imine (C=N–C) groups is 1. The number of hydrogen-bond acceptors (Lipinski definition) is 4. The molecular formula is C21H31N5S. The minimum Gasteiger partial charge on any atom is -0.356 e. The Bertz CT molecular complexity index is 727. The van der Waals surface area contributed by atoms with Gasteiger partial charge in [0, 0.05) is 56.3 Å². The van der Waals surface area contributed by atoms with Gasteiger partial charge in [-0.25, -0.2) is 4.98 Å². The molecule has 0 amide bonds. The Morgan fingerprint density at radius 3 is 2.85 bits per heavy atom. The Morgan fingerprint density at radius 2 is 2.15 bits per heavy atom. The van der Waals surface area contributed by atoms with E-state index in [2.05, 4.69) is 69.7 Å². The molecule has 1 aliphatic rings. The van der Waals surface area contributed by atoms with E-state index in [0.717, 1.165) is 44.9 Å². The third kappa shape index (κ3) is 5.78. The molecule has 2 atom stereocenters. The highest BCUT2D eigenvalue weighted by molar-refractivity contribution is 7.11. The normalized spacial score (nSPS) is 20.8. The van der Waals surface area contributed by atoms with Crippen molar-refractivity contribution in [3.63, 3.8) is 0 Å². The van der Waals surface area contributed by atoms with Gasteiger partial charge in [0.05, 0.1) is 5.01 Å². The zero-order chi connectivity index (χ0) is 19.1. The second kappa shape index (κ2) is 9.85. The molecule has 1 aromatic heterocycles. The number of nitrogens with zero attached hydrogens (tertiary/aromatic N) is 3. The minimum atomic E-state index is 0.432. The van der Waals surface area contributed by atoms with Crippen LogP contribution in [0, 0.1) is 0 Å². The highest BCUT2D eigenvalue weighted by Gasteiger charge is 2.29. The molecular weight excluding hydrogens is 354 g/mol. The molecule has 1 saturated heterocycles. The molecule has 0 saturated carbocycles. The molecule has 2 heterocycles. The van der Waals surface area contributed by atoms with Crippen molar-refractivity contribution in [2.75, 3.05) is 20.1 Å². The van der Waals surface area contributed by atoms with Crippen LogP contribution in [0.4, 0.5) is 0 Å². The number of thiazole rings is 1. The van der Waals surface area contributed by atoms with Crippen molar-refractivity contribution in [3.8, 4) is 0 Å². The molecule has 0 radical (unpaired) electrons. The average molecular weight is 386 g/mol. The minimum absolute atomic E-state index is 0.432. The predicted molar refractivity (Wildman–Crippen MR) is 114 cm³/mol. The van der Waals surface area contributed by atoms with E-state index in [1.54, 1.807) is 0 Å². The maximum absolute atomic E-state index is 4.48. The number of hydrogen-bond donors (Lipinski definition) is 2. The van der Waals surface area contributed by atoms with Gasteiger partial charge in [-0.2, -0.15) is 0 Å². The summed E-state index contributed by atoms with van der Waals surface area (Å²) in [7, 11) is 1.84. The van der Waals surface area contributed by atoms with Gasteiger partial charge < -0.3 is 10.6 Å². The fraction of sp³-hybridized carbons (Fsp3) is 0.524. The SMILES string of the molecule is CCc1cnc(CCNC(=NC)NC2CC(C)N(Cc3ccccc3)C2)s1. The van der Waals surface area contributed by atoms with Gasteiger partial charge in [0.15, 0.2) is 5.96 Å². The second-order valence-electron chi connectivity index (χ2n) is 7.16. The largest absolute Gasteiger partial charge is 0.356 e. The van der Waals surface area contributed by atoms with Crippen LogP contribution >= 0.6 is 11.3 Å². The lowest BCUT2D eigenvalue weighted by atomic mass is 10.2. The maximum atomic E-state index is 4.48. The summed E-state index contributed by atoms with van der Waals surface area (Å²) in [5, 5.41) is 8.23. The van der Waals surface area contributed by atoms with Crippen LogP contribution < -0.4 is 10.6 Å². The summed E-state index contributed by atoms with van der Waals surface area (Å²) in [6.07, 6.45) is 5.13. The maximum Gasteiger partial charge on any atom is 0.191 e. The zero-order valence-corrected chi connectivity index (χ0v) is 17.4. The standard InChI is InChI=1S/C21H31N5S/c1-4-19-13-24-20(27-19)10-11-23-21(22-3)25-18-12-16(2)26(15-18)14-17-8-6-5-7-9-17/h5-9,13,16,18H,4,10-12,14-15H2,1-3H3,(H2,22,23,25). The van der Waals surface area contributed by atoms with Gasteiger partial charge in [0.25, 0.3) is 0 Å². The lowest BCUT2D eigenvalue weighted by Crippen LogP contribution is -2.45. The van der Waals surface area contributed by atoms with Crippen LogP contribution in [-0.2, 0) is 19.4 Å². The molecule has 0 aliphatic carbocycles. The van der Waals surface area contributed by atoms with Crippen LogP contribution in [0.3, 0.4) is 0 Å². The van der Waals surface area contributed by atoms with Crippen LogP contribution in [-0.4, -0.2) is 48.1 Å². The summed E-state index contributed by atoms with van der Waals surface area (Å²) >= 11 is 1.81. The number of likely N-dealkylation sites (tertiary alicyclic amines) is 1. The van der Waals surface area contributed by atoms with Crippen LogP contribution in [0.5, 0.6) is 0 Å². The van der Waals surface area contributed by atoms with Crippen molar-refractivity contribution in [1.29, 1.82) is 0 Å². The van der Waals surface area contributed by atoms with Gasteiger partial charge in [-0.1, -0.05) is 37.3 Å². The molecule has 2 N–H and O–H groups in total. The topological polar surface area (TPSA) is 52.6 Å². The number of aryl methyl sites for hydroxylation is 1. The van der Waals surface area contributed by atoms with E-state index in [1.807, 2.05) is 24.6 Å². The van der Waals surface area contributed by atoms with Gasteiger partial charge in [-0.15, -0.1) is 11.3 Å². The van der Waals surface area contributed by atoms with E-state index >= 15 is 0 Å². The van der Waals surface area contributed by atoms with Crippen molar-refractivity contribution in [1.82, 2.24) is 20.5 Å². The van der Waals surface area contributed by atoms with Gasteiger partial charge >= 0.3 is 0 Å². The fourth-order valence-corrected chi connectivity index (χ4v) is 4.41. The van der Waals surface area contributed by atoms with Crippen LogP contribution in [0.25, 0.3) is 0 Å². The average Bonchev–Trinajstić information content (AvgIpc) is 3.28. The van der Waals surface area contributed by atoms with Crippen molar-refractivity contribution in [2.45, 2.75) is 51.7 Å². The number of benzene rings is 1. The Kier molecular flexibility index (Phi) is 7.24. The lowest BCUT2D eigenvalue weighted by molar-refractivity contribution is 0.258. The van der Waals surface area contributed by atoms with E-state index in [4.69, 9.17) is 0 Å². The fourth-order valence-electron chi connectivity index (χ4n) is 3.54. The first kappa shape index (κ1) is 19.8. The van der Waals surface area contributed by atoms with Crippen molar-refractivity contribution in [3.05, 3.63) is 52.0 Å². The van der Waals surface area contributed by atoms with Crippen LogP contribution in [0.15, 0.2) is 41.5 Å². The Hall–Kier alpha value is -1.92. The Balaban J connectivity index is 1.44. The Morgan fingerprint density at radius 1 is 1.33 bits per heavy atom. The van der Waals surface area contributed by atoms with Gasteiger partial charge in [-0.3, -0.25) is 9.89 Å². The van der Waals surface area contributed by atoms with E-state index in [0.29, 0.717) is 12.1 Å². The molecule has 1 aromatic carbocycles. The predicted octanol–water partition coefficient (Wildman–Crippen LogP) is 3.08. The van der Waals surface area contributed by atoms with Crippen molar-refractivity contribution >= 4 is 17.3 Å². The van der Waals surface area contributed by atoms with Crippen molar-refractivity contribution in [2.24, 2.45) is 4.99 Å². The smallest absolute Gasteiger partial charge is 0.191 e. The molecule has 0 bridgehead atoms. The van der Waals surface area contributed by atoms with Crippen molar-refractivity contribution < 1.29 is 0 Å². The third-order valence-corrected chi connectivity index (χ3v) is 6.28. The molecule has 5 nitrogen and oxygen atoms in total. The second-order valence-corrected chi connectivity index (χ2v) is 8.36. The molecule has 2 unspecified atom stereocenters. The molecule has 1 fully saturated rings. The molecule has 6 heteroatoms. The Labute approximate surface area is 166 Å². The summed E-state index contributed by atoms with van der Waals surface area (Å²) in [6, 6.07) is 11.7. The first-order valence-corrected chi connectivity index (χ1v) is 10.7. The summed E-state index contributed by atoms with van der Waals surface area (Å²) in [4.78, 5) is 12.8. The van der Waals surface area contributed by atoms with E-state index in [9.17, 15) is 0 Å². The van der Waals surface area contributed by atoms with E-state index in [1.165, 1.54) is 15.4 Å².